The Labute approximate surface area is 108 Å². The van der Waals surface area contributed by atoms with Crippen LogP contribution in [0.4, 0.5) is 0 Å². The Bertz CT molecular complexity index is 255. The number of carbonyl (C=O) groups excluding carboxylic acids is 1. The number of hydrogen-bond donors (Lipinski definition) is 1. The van der Waals surface area contributed by atoms with Gasteiger partial charge in [-0.25, -0.2) is 0 Å². The quantitative estimate of drug-likeness (QED) is 0.710. The van der Waals surface area contributed by atoms with Gasteiger partial charge in [0, 0.05) is 41.9 Å². The minimum absolute atomic E-state index is 0.138. The van der Waals surface area contributed by atoms with Crippen molar-refractivity contribution in [1.29, 1.82) is 0 Å². The molecular formula is C12H26N2O2S. The lowest BCUT2D eigenvalue weighted by Crippen LogP contribution is -2.47. The molecule has 0 aromatic carbocycles. The predicted molar refractivity (Wildman–Crippen MR) is 73.5 cm³/mol. The van der Waals surface area contributed by atoms with Gasteiger partial charge in [-0.05, 0) is 34.1 Å². The van der Waals surface area contributed by atoms with Gasteiger partial charge in [0.2, 0.25) is 5.91 Å². The summed E-state index contributed by atoms with van der Waals surface area (Å²) < 4.78 is 11.0. The largest absolute Gasteiger partial charge is 0.342 e. The maximum absolute atomic E-state index is 12.0. The second-order valence-corrected chi connectivity index (χ2v) is 5.92. The lowest BCUT2D eigenvalue weighted by atomic mass is 10.2. The molecule has 0 heterocycles. The standard InChI is InChI=1S/C12H26N2O2S/c1-6-14(7-2)12(15)11(4)13-10(3)8-9-17(5)16/h10-11,13H,6-9H2,1-5H3. The van der Waals surface area contributed by atoms with Crippen molar-refractivity contribution in [3.63, 3.8) is 0 Å². The first-order chi connectivity index (χ1) is 7.92. The third kappa shape index (κ3) is 6.78. The van der Waals surface area contributed by atoms with Crippen LogP contribution >= 0.6 is 0 Å². The molecule has 4 nitrogen and oxygen atoms in total. The molecule has 0 aliphatic heterocycles. The summed E-state index contributed by atoms with van der Waals surface area (Å²) >= 11 is 0. The first kappa shape index (κ1) is 16.6. The first-order valence-electron chi connectivity index (χ1n) is 6.27. The molecule has 0 fully saturated rings. The molecule has 0 saturated heterocycles. The van der Waals surface area contributed by atoms with E-state index in [4.69, 9.17) is 0 Å². The predicted octanol–water partition coefficient (Wildman–Crippen LogP) is 0.990. The van der Waals surface area contributed by atoms with E-state index in [1.54, 1.807) is 6.26 Å². The summed E-state index contributed by atoms with van der Waals surface area (Å²) in [4.78, 5) is 13.8. The van der Waals surface area contributed by atoms with Gasteiger partial charge in [-0.2, -0.15) is 0 Å². The summed E-state index contributed by atoms with van der Waals surface area (Å²) in [7, 11) is -0.759. The Balaban J connectivity index is 4.10. The Morgan fingerprint density at radius 1 is 1.29 bits per heavy atom. The van der Waals surface area contributed by atoms with Crippen molar-refractivity contribution in [2.24, 2.45) is 0 Å². The van der Waals surface area contributed by atoms with E-state index in [9.17, 15) is 9.00 Å². The van der Waals surface area contributed by atoms with Gasteiger partial charge in [0.05, 0.1) is 6.04 Å². The van der Waals surface area contributed by atoms with Gasteiger partial charge in [-0.15, -0.1) is 0 Å². The molecule has 1 N–H and O–H groups in total. The van der Waals surface area contributed by atoms with Crippen molar-refractivity contribution < 1.29 is 9.00 Å². The summed E-state index contributed by atoms with van der Waals surface area (Å²) in [5.74, 6) is 0.819. The highest BCUT2D eigenvalue weighted by Crippen LogP contribution is 1.99. The monoisotopic (exact) mass is 262 g/mol. The molecule has 3 unspecified atom stereocenters. The molecule has 1 amide bonds. The van der Waals surface area contributed by atoms with Crippen LogP contribution in [0.1, 0.15) is 34.1 Å². The van der Waals surface area contributed by atoms with Crippen LogP contribution in [0.15, 0.2) is 0 Å². The van der Waals surface area contributed by atoms with Gasteiger partial charge in [-0.3, -0.25) is 9.00 Å². The lowest BCUT2D eigenvalue weighted by molar-refractivity contribution is -0.132. The van der Waals surface area contributed by atoms with Crippen molar-refractivity contribution in [1.82, 2.24) is 10.2 Å². The minimum Gasteiger partial charge on any atom is -0.342 e. The van der Waals surface area contributed by atoms with Crippen molar-refractivity contribution in [3.05, 3.63) is 0 Å². The van der Waals surface area contributed by atoms with Crippen LogP contribution in [0.25, 0.3) is 0 Å². The van der Waals surface area contributed by atoms with Gasteiger partial charge in [0.1, 0.15) is 0 Å². The smallest absolute Gasteiger partial charge is 0.239 e. The third-order valence-electron chi connectivity index (χ3n) is 2.82. The van der Waals surface area contributed by atoms with Gasteiger partial charge in [-0.1, -0.05) is 0 Å². The zero-order chi connectivity index (χ0) is 13.4. The minimum atomic E-state index is -0.759. The Hall–Kier alpha value is -0.420. The molecule has 17 heavy (non-hydrogen) atoms. The first-order valence-corrected chi connectivity index (χ1v) is 7.99. The van der Waals surface area contributed by atoms with Crippen molar-refractivity contribution in [2.75, 3.05) is 25.1 Å². The third-order valence-corrected chi connectivity index (χ3v) is 3.63. The Morgan fingerprint density at radius 2 is 1.82 bits per heavy atom. The highest BCUT2D eigenvalue weighted by Gasteiger charge is 2.19. The molecule has 0 rings (SSSR count). The molecule has 102 valence electrons. The second kappa shape index (κ2) is 8.64. The number of nitrogens with one attached hydrogen (secondary N) is 1. The summed E-state index contributed by atoms with van der Waals surface area (Å²) in [6, 6.07) is 0.0450. The maximum atomic E-state index is 12.0. The van der Waals surface area contributed by atoms with Gasteiger partial charge in [0.15, 0.2) is 0 Å². The molecular weight excluding hydrogens is 236 g/mol. The average Bonchev–Trinajstić information content (AvgIpc) is 2.27. The van der Waals surface area contributed by atoms with Crippen molar-refractivity contribution in [3.8, 4) is 0 Å². The number of rotatable bonds is 8. The van der Waals surface area contributed by atoms with Crippen LogP contribution < -0.4 is 5.32 Å². The number of likely N-dealkylation sites (N-methyl/N-ethyl adjacent to an activating group) is 1. The molecule has 0 radical (unpaired) electrons. The van der Waals surface area contributed by atoms with Crippen LogP contribution in [0, 0.1) is 0 Å². The highest BCUT2D eigenvalue weighted by molar-refractivity contribution is 7.84. The average molecular weight is 262 g/mol. The summed E-state index contributed by atoms with van der Waals surface area (Å²) in [6.45, 7) is 9.37. The zero-order valence-electron chi connectivity index (χ0n) is 11.7. The van der Waals surface area contributed by atoms with Crippen molar-refractivity contribution >= 4 is 16.7 Å². The van der Waals surface area contributed by atoms with Crippen molar-refractivity contribution in [2.45, 2.75) is 46.2 Å². The Morgan fingerprint density at radius 3 is 2.24 bits per heavy atom. The molecule has 5 heteroatoms. The van der Waals surface area contributed by atoms with E-state index in [2.05, 4.69) is 5.32 Å². The highest BCUT2D eigenvalue weighted by atomic mass is 32.2. The van der Waals surface area contributed by atoms with E-state index >= 15 is 0 Å². The topological polar surface area (TPSA) is 49.4 Å². The van der Waals surface area contributed by atoms with E-state index in [0.29, 0.717) is 5.75 Å². The number of carbonyl (C=O) groups is 1. The van der Waals surface area contributed by atoms with E-state index < -0.39 is 10.8 Å². The van der Waals surface area contributed by atoms with Gasteiger partial charge >= 0.3 is 0 Å². The van der Waals surface area contributed by atoms with Gasteiger partial charge < -0.3 is 10.2 Å². The number of nitrogens with zero attached hydrogens (tertiary/aromatic N) is 1. The molecule has 0 saturated carbocycles. The number of amides is 1. The van der Waals surface area contributed by atoms with E-state index in [1.807, 2.05) is 32.6 Å². The second-order valence-electron chi connectivity index (χ2n) is 4.37. The normalized spacial score (nSPS) is 16.3. The van der Waals surface area contributed by atoms with Crippen LogP contribution in [-0.4, -0.2) is 52.2 Å². The molecule has 0 aliphatic carbocycles. The zero-order valence-corrected chi connectivity index (χ0v) is 12.5. The fourth-order valence-corrected chi connectivity index (χ4v) is 2.42. The van der Waals surface area contributed by atoms with Gasteiger partial charge in [0.25, 0.3) is 0 Å². The lowest BCUT2D eigenvalue weighted by Gasteiger charge is -2.25. The Kier molecular flexibility index (Phi) is 8.43. The summed E-state index contributed by atoms with van der Waals surface area (Å²) in [5.41, 5.74) is 0. The van der Waals surface area contributed by atoms with E-state index in [1.165, 1.54) is 0 Å². The van der Waals surface area contributed by atoms with Crippen LogP contribution in [0.5, 0.6) is 0 Å². The molecule has 0 aromatic rings. The molecule has 0 aliphatic rings. The fraction of sp³-hybridized carbons (Fsp3) is 0.917. The van der Waals surface area contributed by atoms with Crippen LogP contribution in [0.3, 0.4) is 0 Å². The van der Waals surface area contributed by atoms with Crippen LogP contribution in [-0.2, 0) is 15.6 Å². The van der Waals surface area contributed by atoms with E-state index in [-0.39, 0.29) is 18.0 Å². The summed E-state index contributed by atoms with van der Waals surface area (Å²) in [5, 5.41) is 3.26. The SMILES string of the molecule is CCN(CC)C(=O)C(C)NC(C)CCS(C)=O. The van der Waals surface area contributed by atoms with E-state index in [0.717, 1.165) is 19.5 Å². The van der Waals surface area contributed by atoms with Crippen LogP contribution in [0.2, 0.25) is 0 Å². The maximum Gasteiger partial charge on any atom is 0.239 e. The molecule has 3 atom stereocenters. The fourth-order valence-electron chi connectivity index (χ4n) is 1.73. The summed E-state index contributed by atoms with van der Waals surface area (Å²) in [6.07, 6.45) is 2.54. The number of hydrogen-bond acceptors (Lipinski definition) is 3. The molecule has 0 aromatic heterocycles. The molecule has 0 bridgehead atoms. The molecule has 0 spiro atoms.